The fourth-order valence-corrected chi connectivity index (χ4v) is 3.83. The van der Waals surface area contributed by atoms with Crippen molar-refractivity contribution in [2.45, 2.75) is 31.8 Å². The van der Waals surface area contributed by atoms with Crippen LogP contribution in [0.4, 0.5) is 15.3 Å². The molecule has 4 amide bonds. The highest BCUT2D eigenvalue weighted by molar-refractivity contribution is 6.31. The van der Waals surface area contributed by atoms with E-state index in [0.717, 1.165) is 17.5 Å². The molecule has 3 rings (SSSR count). The zero-order valence-electron chi connectivity index (χ0n) is 18.1. The van der Waals surface area contributed by atoms with Gasteiger partial charge >= 0.3 is 12.1 Å². The first kappa shape index (κ1) is 23.4. The Bertz CT molecular complexity index is 982. The molecule has 2 aromatic carbocycles. The molecule has 1 saturated heterocycles. The molecule has 9 heteroatoms. The van der Waals surface area contributed by atoms with Gasteiger partial charge in [0.05, 0.1) is 13.7 Å². The van der Waals surface area contributed by atoms with Crippen molar-refractivity contribution in [3.63, 3.8) is 0 Å². The van der Waals surface area contributed by atoms with Crippen molar-refractivity contribution in [2.75, 3.05) is 25.5 Å². The molecule has 1 aliphatic rings. The Morgan fingerprint density at radius 2 is 1.84 bits per heavy atom. The number of carbonyl (C=O) groups excluding carboxylic acids is 3. The number of methoxy groups -OCH3 is 1. The third-order valence-electron chi connectivity index (χ3n) is 5.51. The van der Waals surface area contributed by atoms with Crippen LogP contribution in [0.25, 0.3) is 0 Å². The van der Waals surface area contributed by atoms with Gasteiger partial charge in [0.2, 0.25) is 5.91 Å². The average Bonchev–Trinajstić information content (AvgIpc) is 3.23. The largest absolute Gasteiger partial charge is 0.453 e. The Morgan fingerprint density at radius 3 is 2.50 bits per heavy atom. The van der Waals surface area contributed by atoms with Crippen molar-refractivity contribution >= 4 is 35.3 Å². The number of aryl methyl sites for hydroxylation is 1. The minimum Gasteiger partial charge on any atom is -0.453 e. The van der Waals surface area contributed by atoms with Gasteiger partial charge in [-0.2, -0.15) is 0 Å². The summed E-state index contributed by atoms with van der Waals surface area (Å²) in [6.07, 6.45) is 0.589. The second-order valence-electron chi connectivity index (χ2n) is 7.63. The van der Waals surface area contributed by atoms with E-state index in [1.807, 2.05) is 31.2 Å². The van der Waals surface area contributed by atoms with Crippen LogP contribution in [0.3, 0.4) is 0 Å². The molecule has 3 N–H and O–H groups in total. The summed E-state index contributed by atoms with van der Waals surface area (Å²) in [5.41, 5.74) is 1.20. The third kappa shape index (κ3) is 5.50. The minimum atomic E-state index is -1.30. The normalized spacial score (nSPS) is 17.5. The molecule has 0 spiro atoms. The number of ether oxygens (including phenoxy) is 1. The first-order chi connectivity index (χ1) is 15.4. The monoisotopic (exact) mass is 458 g/mol. The first-order valence-electron chi connectivity index (χ1n) is 10.4. The van der Waals surface area contributed by atoms with Crippen molar-refractivity contribution in [1.29, 1.82) is 0 Å². The molecule has 1 unspecified atom stereocenters. The Balaban J connectivity index is 1.73. The number of anilines is 1. The summed E-state index contributed by atoms with van der Waals surface area (Å²) >= 11 is 6.18. The zero-order chi connectivity index (χ0) is 23.1. The average molecular weight is 459 g/mol. The van der Waals surface area contributed by atoms with Gasteiger partial charge in [0.15, 0.2) is 0 Å². The Hall–Kier alpha value is -3.26. The molecule has 8 nitrogen and oxygen atoms in total. The number of urea groups is 1. The van der Waals surface area contributed by atoms with Crippen LogP contribution in [-0.4, -0.2) is 48.7 Å². The van der Waals surface area contributed by atoms with Crippen molar-refractivity contribution in [2.24, 2.45) is 0 Å². The molecule has 1 heterocycles. The molecule has 1 atom stereocenters. The van der Waals surface area contributed by atoms with Gasteiger partial charge in [0.25, 0.3) is 0 Å². The molecule has 32 heavy (non-hydrogen) atoms. The summed E-state index contributed by atoms with van der Waals surface area (Å²) in [6.45, 7) is 2.52. The van der Waals surface area contributed by atoms with Gasteiger partial charge in [0.1, 0.15) is 5.54 Å². The Labute approximate surface area is 192 Å². The Kier molecular flexibility index (Phi) is 7.58. The predicted octanol–water partition coefficient (Wildman–Crippen LogP) is 3.55. The molecule has 1 fully saturated rings. The second kappa shape index (κ2) is 10.4. The maximum Gasteiger partial charge on any atom is 0.409 e. The fourth-order valence-electron chi connectivity index (χ4n) is 3.63. The fraction of sp³-hybridized carbons (Fsp3) is 0.348. The summed E-state index contributed by atoms with van der Waals surface area (Å²) in [4.78, 5) is 39.4. The summed E-state index contributed by atoms with van der Waals surface area (Å²) in [5.74, 6) is -0.402. The number of halogens is 1. The molecular weight excluding hydrogens is 432 g/mol. The number of amides is 4. The van der Waals surface area contributed by atoms with E-state index in [1.54, 1.807) is 24.3 Å². The highest BCUT2D eigenvalue weighted by Gasteiger charge is 2.47. The van der Waals surface area contributed by atoms with Crippen molar-refractivity contribution in [3.8, 4) is 0 Å². The van der Waals surface area contributed by atoms with Crippen LogP contribution in [0.2, 0.25) is 5.02 Å². The van der Waals surface area contributed by atoms with E-state index in [0.29, 0.717) is 10.7 Å². The van der Waals surface area contributed by atoms with Gasteiger partial charge in [-0.1, -0.05) is 48.9 Å². The number of nitrogens with zero attached hydrogens (tertiary/aromatic N) is 1. The number of likely N-dealkylation sites (tertiary alicyclic amines) is 1. The number of carbonyl (C=O) groups is 3. The Morgan fingerprint density at radius 1 is 1.12 bits per heavy atom. The molecule has 170 valence electrons. The van der Waals surface area contributed by atoms with Crippen molar-refractivity contribution in [1.82, 2.24) is 15.5 Å². The van der Waals surface area contributed by atoms with E-state index in [2.05, 4.69) is 16.0 Å². The highest BCUT2D eigenvalue weighted by atomic mass is 35.5. The first-order valence-corrected chi connectivity index (χ1v) is 10.8. The summed E-state index contributed by atoms with van der Waals surface area (Å²) in [6, 6.07) is 14.1. The number of hydrogen-bond acceptors (Lipinski definition) is 4. The zero-order valence-corrected chi connectivity index (χ0v) is 18.9. The molecule has 0 aromatic heterocycles. The van der Waals surface area contributed by atoms with E-state index in [4.69, 9.17) is 16.3 Å². The third-order valence-corrected chi connectivity index (χ3v) is 5.88. The van der Waals surface area contributed by atoms with E-state index < -0.39 is 23.6 Å². The van der Waals surface area contributed by atoms with Crippen LogP contribution in [-0.2, 0) is 22.5 Å². The standard InChI is InChI=1S/C23H27ClN4O4/c1-3-16-8-10-18(11-9-16)26-21(30)27-23(12-13-28(15-23)22(31)32-2)20(29)25-14-17-6-4-5-7-19(17)24/h4-11H,3,12-15H2,1-2H3,(H,25,29)(H2,26,27,30). The van der Waals surface area contributed by atoms with Crippen molar-refractivity contribution < 1.29 is 19.1 Å². The van der Waals surface area contributed by atoms with Gasteiger partial charge in [-0.25, -0.2) is 9.59 Å². The quantitative estimate of drug-likeness (QED) is 0.616. The summed E-state index contributed by atoms with van der Waals surface area (Å²) in [7, 11) is 1.28. The minimum absolute atomic E-state index is 0.00375. The van der Waals surface area contributed by atoms with Crippen LogP contribution in [0, 0.1) is 0 Å². The topological polar surface area (TPSA) is 99.8 Å². The number of hydrogen-bond donors (Lipinski definition) is 3. The van der Waals surface area contributed by atoms with Crippen LogP contribution >= 0.6 is 11.6 Å². The van der Waals surface area contributed by atoms with Gasteiger partial charge in [0, 0.05) is 23.8 Å². The number of rotatable bonds is 6. The van der Waals surface area contributed by atoms with Crippen molar-refractivity contribution in [3.05, 3.63) is 64.7 Å². The molecule has 0 saturated carbocycles. The second-order valence-corrected chi connectivity index (χ2v) is 8.03. The lowest BCUT2D eigenvalue weighted by Gasteiger charge is -2.29. The molecule has 0 radical (unpaired) electrons. The lowest BCUT2D eigenvalue weighted by molar-refractivity contribution is -0.126. The van der Waals surface area contributed by atoms with Gasteiger partial charge < -0.3 is 25.6 Å². The van der Waals surface area contributed by atoms with E-state index in [1.165, 1.54) is 12.0 Å². The van der Waals surface area contributed by atoms with E-state index in [-0.39, 0.29) is 26.1 Å². The predicted molar refractivity (Wildman–Crippen MR) is 123 cm³/mol. The maximum atomic E-state index is 13.2. The van der Waals surface area contributed by atoms with Crippen LogP contribution in [0.1, 0.15) is 24.5 Å². The number of benzene rings is 2. The van der Waals surface area contributed by atoms with Crippen LogP contribution in [0.15, 0.2) is 48.5 Å². The smallest absolute Gasteiger partial charge is 0.409 e. The molecule has 1 aliphatic heterocycles. The van der Waals surface area contributed by atoms with E-state index in [9.17, 15) is 14.4 Å². The summed E-state index contributed by atoms with van der Waals surface area (Å²) in [5, 5.41) is 8.91. The lowest BCUT2D eigenvalue weighted by atomic mass is 9.97. The van der Waals surface area contributed by atoms with E-state index >= 15 is 0 Å². The molecule has 0 aliphatic carbocycles. The van der Waals surface area contributed by atoms with Gasteiger partial charge in [-0.05, 0) is 42.2 Å². The highest BCUT2D eigenvalue weighted by Crippen LogP contribution is 2.24. The van der Waals surface area contributed by atoms with Gasteiger partial charge in [-0.15, -0.1) is 0 Å². The lowest BCUT2D eigenvalue weighted by Crippen LogP contribution is -2.61. The number of nitrogens with one attached hydrogen (secondary N) is 3. The SMILES string of the molecule is CCc1ccc(NC(=O)NC2(C(=O)NCc3ccccc3Cl)CCN(C(=O)OC)C2)cc1. The molecule has 2 aromatic rings. The van der Waals surface area contributed by atoms with Crippen LogP contribution < -0.4 is 16.0 Å². The maximum absolute atomic E-state index is 13.2. The summed E-state index contributed by atoms with van der Waals surface area (Å²) < 4.78 is 4.78. The molecule has 0 bridgehead atoms. The molecular formula is C23H27ClN4O4. The van der Waals surface area contributed by atoms with Crippen LogP contribution in [0.5, 0.6) is 0 Å². The van der Waals surface area contributed by atoms with Gasteiger partial charge in [-0.3, -0.25) is 4.79 Å².